The van der Waals surface area contributed by atoms with Crippen LogP contribution in [0.1, 0.15) is 18.1 Å². The van der Waals surface area contributed by atoms with Gasteiger partial charge in [-0.2, -0.15) is 0 Å². The van der Waals surface area contributed by atoms with Crippen LogP contribution in [0, 0.1) is 0 Å². The molecule has 0 aliphatic heterocycles. The molecule has 3 amide bonds. The van der Waals surface area contributed by atoms with Crippen LogP contribution in [0.5, 0.6) is 0 Å². The Bertz CT molecular complexity index is 755. The third kappa shape index (κ3) is 2.65. The fraction of sp³-hybridized carbons (Fsp3) is 0.176. The van der Waals surface area contributed by atoms with E-state index in [0.717, 1.165) is 12.1 Å². The van der Waals surface area contributed by atoms with Crippen LogP contribution in [0.3, 0.4) is 0 Å². The zero-order valence-corrected chi connectivity index (χ0v) is 12.2. The predicted octanol–water partition coefficient (Wildman–Crippen LogP) is 2.25. The van der Waals surface area contributed by atoms with Crippen LogP contribution in [-0.4, -0.2) is 18.0 Å². The number of primary amides is 1. The molecule has 5 heteroatoms. The number of benzene rings is 2. The number of amides is 3. The van der Waals surface area contributed by atoms with Gasteiger partial charge in [0.1, 0.15) is 6.04 Å². The van der Waals surface area contributed by atoms with Gasteiger partial charge in [-0.15, -0.1) is 0 Å². The lowest BCUT2D eigenvalue weighted by atomic mass is 10.1. The fourth-order valence-electron chi connectivity index (χ4n) is 2.78. The van der Waals surface area contributed by atoms with Gasteiger partial charge in [0.05, 0.1) is 0 Å². The van der Waals surface area contributed by atoms with Crippen molar-refractivity contribution in [2.24, 2.45) is 5.73 Å². The molecule has 3 rings (SSSR count). The molecular formula is C17H17N3O2. The topological polar surface area (TPSA) is 84.2 Å². The summed E-state index contributed by atoms with van der Waals surface area (Å²) in [7, 11) is 0. The van der Waals surface area contributed by atoms with E-state index in [1.54, 1.807) is 6.92 Å². The molecule has 0 spiro atoms. The molecule has 1 aliphatic rings. The molecule has 1 unspecified atom stereocenters. The summed E-state index contributed by atoms with van der Waals surface area (Å²) in [5, 5.41) is 5.15. The number of carbonyl (C=O) groups excluding carboxylic acids is 2. The number of imide groups is 1. The SMILES string of the molecule is CC(Nc1ccc2c(c1)Cc1ccccc1-2)C(=O)NC(N)=O. The Morgan fingerprint density at radius 1 is 1.09 bits per heavy atom. The average molecular weight is 295 g/mol. The molecule has 1 aliphatic carbocycles. The smallest absolute Gasteiger partial charge is 0.318 e. The molecule has 0 bridgehead atoms. The number of hydrogen-bond donors (Lipinski definition) is 3. The van der Waals surface area contributed by atoms with E-state index in [0.29, 0.717) is 0 Å². The maximum Gasteiger partial charge on any atom is 0.318 e. The Morgan fingerprint density at radius 2 is 1.82 bits per heavy atom. The van der Waals surface area contributed by atoms with Gasteiger partial charge in [-0.05, 0) is 47.7 Å². The standard InChI is InChI=1S/C17H17N3O2/c1-10(16(21)20-17(18)22)19-13-6-7-15-12(9-13)8-11-4-2-3-5-14(11)15/h2-7,9-10,19H,8H2,1H3,(H3,18,20,21,22). The maximum atomic E-state index is 11.7. The largest absolute Gasteiger partial charge is 0.374 e. The third-order valence-electron chi connectivity index (χ3n) is 3.82. The van der Waals surface area contributed by atoms with Gasteiger partial charge < -0.3 is 11.1 Å². The monoisotopic (exact) mass is 295 g/mol. The van der Waals surface area contributed by atoms with Gasteiger partial charge in [-0.1, -0.05) is 30.3 Å². The van der Waals surface area contributed by atoms with Crippen molar-refractivity contribution in [3.8, 4) is 11.1 Å². The van der Waals surface area contributed by atoms with E-state index in [9.17, 15) is 9.59 Å². The number of nitrogens with one attached hydrogen (secondary N) is 2. The molecule has 2 aromatic rings. The second kappa shape index (κ2) is 5.52. The summed E-state index contributed by atoms with van der Waals surface area (Å²) >= 11 is 0. The van der Waals surface area contributed by atoms with Crippen LogP contribution < -0.4 is 16.4 Å². The van der Waals surface area contributed by atoms with Crippen LogP contribution in [0.15, 0.2) is 42.5 Å². The third-order valence-corrected chi connectivity index (χ3v) is 3.82. The zero-order valence-electron chi connectivity index (χ0n) is 12.2. The normalized spacial score (nSPS) is 13.0. The van der Waals surface area contributed by atoms with Crippen molar-refractivity contribution in [1.82, 2.24) is 5.32 Å². The molecule has 4 N–H and O–H groups in total. The summed E-state index contributed by atoms with van der Waals surface area (Å²) < 4.78 is 0. The van der Waals surface area contributed by atoms with Gasteiger partial charge in [0.25, 0.3) is 0 Å². The molecule has 1 atom stereocenters. The quantitative estimate of drug-likeness (QED) is 0.693. The number of nitrogens with two attached hydrogens (primary N) is 1. The zero-order chi connectivity index (χ0) is 15.7. The molecule has 2 aromatic carbocycles. The highest BCUT2D eigenvalue weighted by molar-refractivity contribution is 5.97. The Morgan fingerprint density at radius 3 is 2.59 bits per heavy atom. The van der Waals surface area contributed by atoms with Crippen LogP contribution in [-0.2, 0) is 11.2 Å². The van der Waals surface area contributed by atoms with Gasteiger partial charge in [0, 0.05) is 5.69 Å². The van der Waals surface area contributed by atoms with E-state index in [1.807, 2.05) is 24.3 Å². The van der Waals surface area contributed by atoms with E-state index in [1.165, 1.54) is 22.3 Å². The van der Waals surface area contributed by atoms with E-state index in [2.05, 4.69) is 28.8 Å². The Kier molecular flexibility index (Phi) is 3.55. The Balaban J connectivity index is 1.77. The van der Waals surface area contributed by atoms with Crippen molar-refractivity contribution >= 4 is 17.6 Å². The summed E-state index contributed by atoms with van der Waals surface area (Å²) in [5.74, 6) is -0.448. The highest BCUT2D eigenvalue weighted by Crippen LogP contribution is 2.37. The number of anilines is 1. The first kappa shape index (κ1) is 14.1. The number of rotatable bonds is 3. The molecule has 0 saturated heterocycles. The number of hydrogen-bond acceptors (Lipinski definition) is 3. The van der Waals surface area contributed by atoms with Crippen molar-refractivity contribution in [2.45, 2.75) is 19.4 Å². The van der Waals surface area contributed by atoms with Crippen LogP contribution in [0.4, 0.5) is 10.5 Å². The maximum absolute atomic E-state index is 11.7. The van der Waals surface area contributed by atoms with E-state index < -0.39 is 18.0 Å². The molecule has 0 fully saturated rings. The number of urea groups is 1. The molecule has 22 heavy (non-hydrogen) atoms. The van der Waals surface area contributed by atoms with Gasteiger partial charge >= 0.3 is 6.03 Å². The van der Waals surface area contributed by atoms with Crippen LogP contribution >= 0.6 is 0 Å². The minimum Gasteiger partial charge on any atom is -0.374 e. The lowest BCUT2D eigenvalue weighted by Gasteiger charge is -2.15. The van der Waals surface area contributed by atoms with E-state index in [-0.39, 0.29) is 0 Å². The molecule has 0 aromatic heterocycles. The lowest BCUT2D eigenvalue weighted by molar-refractivity contribution is -0.120. The first-order chi connectivity index (χ1) is 10.5. The molecule has 5 nitrogen and oxygen atoms in total. The summed E-state index contributed by atoms with van der Waals surface area (Å²) in [6.45, 7) is 1.68. The Labute approximate surface area is 128 Å². The van der Waals surface area contributed by atoms with Gasteiger partial charge in [0.2, 0.25) is 5.91 Å². The minimum atomic E-state index is -0.844. The summed E-state index contributed by atoms with van der Waals surface area (Å²) in [6.07, 6.45) is 0.892. The first-order valence-electron chi connectivity index (χ1n) is 7.12. The number of fused-ring (bicyclic) bond motifs is 3. The van der Waals surface area contributed by atoms with E-state index in [4.69, 9.17) is 5.73 Å². The van der Waals surface area contributed by atoms with Crippen molar-refractivity contribution in [3.63, 3.8) is 0 Å². The van der Waals surface area contributed by atoms with Crippen molar-refractivity contribution in [3.05, 3.63) is 53.6 Å². The molecular weight excluding hydrogens is 278 g/mol. The highest BCUT2D eigenvalue weighted by Gasteiger charge is 2.19. The van der Waals surface area contributed by atoms with Crippen molar-refractivity contribution < 1.29 is 9.59 Å². The molecule has 0 radical (unpaired) electrons. The van der Waals surface area contributed by atoms with Crippen LogP contribution in [0.25, 0.3) is 11.1 Å². The second-order valence-corrected chi connectivity index (χ2v) is 5.43. The van der Waals surface area contributed by atoms with Gasteiger partial charge in [-0.3, -0.25) is 10.1 Å². The Hall–Kier alpha value is -2.82. The summed E-state index contributed by atoms with van der Waals surface area (Å²) in [6, 6.07) is 13.0. The van der Waals surface area contributed by atoms with Gasteiger partial charge in [0.15, 0.2) is 0 Å². The highest BCUT2D eigenvalue weighted by atomic mass is 16.2. The summed E-state index contributed by atoms with van der Waals surface area (Å²) in [4.78, 5) is 22.4. The second-order valence-electron chi connectivity index (χ2n) is 5.43. The number of carbonyl (C=O) groups is 2. The lowest BCUT2D eigenvalue weighted by Crippen LogP contribution is -2.43. The fourth-order valence-corrected chi connectivity index (χ4v) is 2.78. The minimum absolute atomic E-state index is 0.448. The predicted molar refractivity (Wildman–Crippen MR) is 85.5 cm³/mol. The summed E-state index contributed by atoms with van der Waals surface area (Å²) in [5.41, 5.74) is 10.8. The molecule has 0 saturated carbocycles. The van der Waals surface area contributed by atoms with Crippen molar-refractivity contribution in [2.75, 3.05) is 5.32 Å². The molecule has 112 valence electrons. The molecule has 0 heterocycles. The van der Waals surface area contributed by atoms with Crippen molar-refractivity contribution in [1.29, 1.82) is 0 Å². The van der Waals surface area contributed by atoms with E-state index >= 15 is 0 Å². The first-order valence-corrected chi connectivity index (χ1v) is 7.12. The average Bonchev–Trinajstić information content (AvgIpc) is 2.84. The van der Waals surface area contributed by atoms with Gasteiger partial charge in [-0.25, -0.2) is 4.79 Å². The van der Waals surface area contributed by atoms with Crippen LogP contribution in [0.2, 0.25) is 0 Å².